The number of benzene rings is 2. The van der Waals surface area contributed by atoms with Crippen molar-refractivity contribution in [1.82, 2.24) is 5.32 Å². The molecule has 8 heteroatoms. The lowest BCUT2D eigenvalue weighted by molar-refractivity contribution is -0.133. The van der Waals surface area contributed by atoms with Gasteiger partial charge in [0.1, 0.15) is 12.3 Å². The molecule has 2 rings (SSSR count). The van der Waals surface area contributed by atoms with E-state index in [0.29, 0.717) is 16.5 Å². The normalized spacial score (nSPS) is 10.0. The molecule has 25 heavy (non-hydrogen) atoms. The summed E-state index contributed by atoms with van der Waals surface area (Å²) in [6.45, 7) is 1.08. The molecule has 2 aromatic rings. The molecule has 0 spiro atoms. The van der Waals surface area contributed by atoms with Crippen LogP contribution in [-0.4, -0.2) is 24.3 Å². The summed E-state index contributed by atoms with van der Waals surface area (Å²) in [4.78, 5) is 34.7. The summed E-state index contributed by atoms with van der Waals surface area (Å²) in [6, 6.07) is 10.7. The summed E-state index contributed by atoms with van der Waals surface area (Å²) in [5.74, 6) is -1.02. The predicted octanol–water partition coefficient (Wildman–Crippen LogP) is 3.29. The second kappa shape index (κ2) is 8.50. The molecule has 0 aliphatic rings. The maximum atomic E-state index is 12.0. The van der Waals surface area contributed by atoms with Crippen molar-refractivity contribution in [2.24, 2.45) is 0 Å². The fourth-order valence-corrected chi connectivity index (χ4v) is 2.17. The number of anilines is 1. The number of amides is 2. The summed E-state index contributed by atoms with van der Waals surface area (Å²) < 4.78 is 5.09. The largest absolute Gasteiger partial charge is 0.425 e. The van der Waals surface area contributed by atoms with Gasteiger partial charge in [0.2, 0.25) is 5.91 Å². The maximum absolute atomic E-state index is 12.0. The van der Waals surface area contributed by atoms with Crippen LogP contribution >= 0.6 is 23.2 Å². The smallest absolute Gasteiger partial charge is 0.330 e. The zero-order valence-corrected chi connectivity index (χ0v) is 14.6. The Hall–Kier alpha value is -2.57. The summed E-state index contributed by atoms with van der Waals surface area (Å²) in [5, 5.41) is 5.61. The van der Waals surface area contributed by atoms with Gasteiger partial charge in [-0.1, -0.05) is 23.2 Å². The van der Waals surface area contributed by atoms with E-state index in [2.05, 4.69) is 10.6 Å². The molecule has 6 nitrogen and oxygen atoms in total. The third kappa shape index (κ3) is 5.77. The Bertz CT molecular complexity index is 807. The first-order chi connectivity index (χ1) is 11.8. The fraction of sp³-hybridized carbons (Fsp3) is 0.118. The highest BCUT2D eigenvalue weighted by Crippen LogP contribution is 2.22. The Morgan fingerprint density at radius 2 is 1.68 bits per heavy atom. The van der Waals surface area contributed by atoms with Gasteiger partial charge in [0.25, 0.3) is 5.91 Å². The predicted molar refractivity (Wildman–Crippen MR) is 95.2 cm³/mol. The highest BCUT2D eigenvalue weighted by atomic mass is 35.5. The van der Waals surface area contributed by atoms with Gasteiger partial charge in [0, 0.05) is 18.2 Å². The average Bonchev–Trinajstić information content (AvgIpc) is 2.56. The maximum Gasteiger partial charge on any atom is 0.330 e. The molecule has 2 N–H and O–H groups in total. The molecule has 0 aliphatic heterocycles. The number of nitrogens with one attached hydrogen (secondary N) is 2. The van der Waals surface area contributed by atoms with Gasteiger partial charge in [0.15, 0.2) is 0 Å². The van der Waals surface area contributed by atoms with Gasteiger partial charge in [-0.3, -0.25) is 9.59 Å². The van der Waals surface area contributed by atoms with E-state index < -0.39 is 11.9 Å². The first-order valence-corrected chi connectivity index (χ1v) is 7.92. The highest BCUT2D eigenvalue weighted by Gasteiger charge is 2.11. The van der Waals surface area contributed by atoms with Crippen molar-refractivity contribution >= 4 is 46.7 Å². The molecular formula is C17H14Cl2N2O4. The van der Waals surface area contributed by atoms with Gasteiger partial charge in [0.05, 0.1) is 10.0 Å². The standard InChI is InChI=1S/C17H14Cl2N2O4/c1-10(22)21-12-3-5-13(6-4-12)25-16(23)9-20-17(24)11-2-7-14(18)15(19)8-11/h2-8H,9H2,1H3,(H,20,24)(H,21,22). The van der Waals surface area contributed by atoms with Gasteiger partial charge >= 0.3 is 5.97 Å². The number of rotatable bonds is 5. The number of ether oxygens (including phenoxy) is 1. The lowest BCUT2D eigenvalue weighted by Gasteiger charge is -2.08. The van der Waals surface area contributed by atoms with Crippen LogP contribution in [0.4, 0.5) is 5.69 Å². The summed E-state index contributed by atoms with van der Waals surface area (Å²) in [7, 11) is 0. The second-order valence-electron chi connectivity index (χ2n) is 4.99. The number of hydrogen-bond acceptors (Lipinski definition) is 4. The van der Waals surface area contributed by atoms with E-state index in [-0.39, 0.29) is 23.0 Å². The van der Waals surface area contributed by atoms with Crippen LogP contribution in [0.5, 0.6) is 5.75 Å². The Morgan fingerprint density at radius 3 is 2.28 bits per heavy atom. The summed E-state index contributed by atoms with van der Waals surface area (Å²) in [5.41, 5.74) is 0.863. The number of carbonyl (C=O) groups excluding carboxylic acids is 3. The van der Waals surface area contributed by atoms with Gasteiger partial charge in [-0.2, -0.15) is 0 Å². The lowest BCUT2D eigenvalue weighted by Crippen LogP contribution is -2.31. The molecule has 2 aromatic carbocycles. The van der Waals surface area contributed by atoms with Gasteiger partial charge in [-0.15, -0.1) is 0 Å². The molecule has 0 unspecified atom stereocenters. The molecule has 130 valence electrons. The number of carbonyl (C=O) groups is 3. The van der Waals surface area contributed by atoms with Crippen molar-refractivity contribution in [3.05, 3.63) is 58.1 Å². The third-order valence-corrected chi connectivity index (χ3v) is 3.72. The van der Waals surface area contributed by atoms with Crippen LogP contribution in [0.2, 0.25) is 10.0 Å². The fourth-order valence-electron chi connectivity index (χ4n) is 1.87. The number of esters is 1. The molecule has 0 fully saturated rings. The summed E-state index contributed by atoms with van der Waals surface area (Å²) >= 11 is 11.6. The van der Waals surface area contributed by atoms with Crippen molar-refractivity contribution in [3.8, 4) is 5.75 Å². The Kier molecular flexibility index (Phi) is 6.38. The monoisotopic (exact) mass is 380 g/mol. The molecule has 0 saturated carbocycles. The molecule has 0 radical (unpaired) electrons. The topological polar surface area (TPSA) is 84.5 Å². The minimum atomic E-state index is -0.638. The first-order valence-electron chi connectivity index (χ1n) is 7.17. The van der Waals surface area contributed by atoms with Crippen LogP contribution in [0, 0.1) is 0 Å². The number of halogens is 2. The number of hydrogen-bond donors (Lipinski definition) is 2. The van der Waals surface area contributed by atoms with Crippen LogP contribution in [-0.2, 0) is 9.59 Å². The molecule has 0 aromatic heterocycles. The van der Waals surface area contributed by atoms with E-state index >= 15 is 0 Å². The lowest BCUT2D eigenvalue weighted by atomic mass is 10.2. The summed E-state index contributed by atoms with van der Waals surface area (Å²) in [6.07, 6.45) is 0. The second-order valence-corrected chi connectivity index (χ2v) is 5.81. The van der Waals surface area contributed by atoms with Crippen LogP contribution in [0.3, 0.4) is 0 Å². The third-order valence-electron chi connectivity index (χ3n) is 2.98. The highest BCUT2D eigenvalue weighted by molar-refractivity contribution is 6.42. The van der Waals surface area contributed by atoms with Crippen molar-refractivity contribution < 1.29 is 19.1 Å². The van der Waals surface area contributed by atoms with Crippen molar-refractivity contribution in [2.45, 2.75) is 6.92 Å². The zero-order chi connectivity index (χ0) is 18.4. The van der Waals surface area contributed by atoms with Crippen molar-refractivity contribution in [2.75, 3.05) is 11.9 Å². The molecule has 0 bridgehead atoms. The molecule has 0 atom stereocenters. The minimum absolute atomic E-state index is 0.199. The van der Waals surface area contributed by atoms with Crippen molar-refractivity contribution in [1.29, 1.82) is 0 Å². The van der Waals surface area contributed by atoms with Crippen LogP contribution in [0.1, 0.15) is 17.3 Å². The zero-order valence-electron chi connectivity index (χ0n) is 13.1. The van der Waals surface area contributed by atoms with E-state index in [1.54, 1.807) is 12.1 Å². The van der Waals surface area contributed by atoms with Gasteiger partial charge in [-0.05, 0) is 42.5 Å². The van der Waals surface area contributed by atoms with E-state index in [1.807, 2.05) is 0 Å². The molecule has 0 heterocycles. The SMILES string of the molecule is CC(=O)Nc1ccc(OC(=O)CNC(=O)c2ccc(Cl)c(Cl)c2)cc1. The van der Waals surface area contributed by atoms with E-state index in [9.17, 15) is 14.4 Å². The van der Waals surface area contributed by atoms with Crippen LogP contribution < -0.4 is 15.4 Å². The quantitative estimate of drug-likeness (QED) is 0.615. The first kappa shape index (κ1) is 18.8. The van der Waals surface area contributed by atoms with Crippen LogP contribution in [0.25, 0.3) is 0 Å². The molecular weight excluding hydrogens is 367 g/mol. The molecule has 0 saturated heterocycles. The Balaban J connectivity index is 1.86. The van der Waals surface area contributed by atoms with Crippen LogP contribution in [0.15, 0.2) is 42.5 Å². The Labute approximate surface area is 154 Å². The molecule has 2 amide bonds. The molecule has 0 aliphatic carbocycles. The van der Waals surface area contributed by atoms with E-state index in [0.717, 1.165) is 0 Å². The van der Waals surface area contributed by atoms with Gasteiger partial charge < -0.3 is 15.4 Å². The van der Waals surface area contributed by atoms with Gasteiger partial charge in [-0.25, -0.2) is 4.79 Å². The van der Waals surface area contributed by atoms with E-state index in [4.69, 9.17) is 27.9 Å². The van der Waals surface area contributed by atoms with E-state index in [1.165, 1.54) is 37.3 Å². The van der Waals surface area contributed by atoms with Crippen molar-refractivity contribution in [3.63, 3.8) is 0 Å². The average molecular weight is 381 g/mol. The Morgan fingerprint density at radius 1 is 1.00 bits per heavy atom. The minimum Gasteiger partial charge on any atom is -0.425 e.